The van der Waals surface area contributed by atoms with Gasteiger partial charge in [0.2, 0.25) is 6.29 Å². The lowest BCUT2D eigenvalue weighted by atomic mass is 9.98. The first-order valence-corrected chi connectivity index (χ1v) is 12.0. The zero-order chi connectivity index (χ0) is 25.2. The molecule has 1 N–H and O–H groups in total. The van der Waals surface area contributed by atoms with Gasteiger partial charge in [-0.05, 0) is 16.7 Å². The highest BCUT2D eigenvalue weighted by molar-refractivity contribution is 5.66. The lowest BCUT2D eigenvalue weighted by Gasteiger charge is -2.43. The number of esters is 1. The quantitative estimate of drug-likeness (QED) is 0.405. The van der Waals surface area contributed by atoms with Gasteiger partial charge in [0.05, 0.1) is 26.4 Å². The zero-order valence-electron chi connectivity index (χ0n) is 20.3. The molecule has 1 aliphatic rings. The van der Waals surface area contributed by atoms with E-state index in [9.17, 15) is 9.90 Å². The standard InChI is InChI=1S/C29H32O7/c1-21(30)35-29-26(31)28(34-19-24-15-9-4-10-16-24)27(33-18-23-13-7-3-8-14-23)25(36-29)20-32-17-22-11-5-2-6-12-22/h2-16,25-29,31H,17-20H2,1H3/t25-,26+,27-,28-,29-/m1/s1. The van der Waals surface area contributed by atoms with E-state index in [2.05, 4.69) is 0 Å². The number of carbonyl (C=O) groups is 1. The second-order valence-corrected chi connectivity index (χ2v) is 8.67. The summed E-state index contributed by atoms with van der Waals surface area (Å²) in [5, 5.41) is 11.1. The van der Waals surface area contributed by atoms with Crippen molar-refractivity contribution >= 4 is 5.97 Å². The molecule has 0 radical (unpaired) electrons. The van der Waals surface area contributed by atoms with Gasteiger partial charge in [0.25, 0.3) is 0 Å². The molecule has 0 unspecified atom stereocenters. The van der Waals surface area contributed by atoms with Crippen LogP contribution in [0.25, 0.3) is 0 Å². The molecule has 0 spiro atoms. The van der Waals surface area contributed by atoms with Crippen LogP contribution < -0.4 is 0 Å². The van der Waals surface area contributed by atoms with Gasteiger partial charge in [-0.25, -0.2) is 0 Å². The Kier molecular flexibility index (Phi) is 9.61. The van der Waals surface area contributed by atoms with E-state index in [1.54, 1.807) is 0 Å². The van der Waals surface area contributed by atoms with E-state index in [1.165, 1.54) is 6.92 Å². The molecular weight excluding hydrogens is 460 g/mol. The van der Waals surface area contributed by atoms with Crippen LogP contribution in [-0.2, 0) is 48.3 Å². The van der Waals surface area contributed by atoms with Gasteiger partial charge >= 0.3 is 5.97 Å². The molecule has 1 heterocycles. The number of rotatable bonds is 11. The monoisotopic (exact) mass is 492 g/mol. The lowest BCUT2D eigenvalue weighted by Crippen LogP contribution is -2.61. The molecule has 5 atom stereocenters. The molecule has 1 fully saturated rings. The van der Waals surface area contributed by atoms with E-state index in [-0.39, 0.29) is 13.2 Å². The molecule has 1 aliphatic heterocycles. The number of carbonyl (C=O) groups excluding carboxylic acids is 1. The van der Waals surface area contributed by atoms with E-state index in [4.69, 9.17) is 23.7 Å². The van der Waals surface area contributed by atoms with Crippen LogP contribution in [-0.4, -0.2) is 48.4 Å². The van der Waals surface area contributed by atoms with Crippen LogP contribution >= 0.6 is 0 Å². The maximum absolute atomic E-state index is 11.7. The van der Waals surface area contributed by atoms with Gasteiger partial charge in [-0.15, -0.1) is 0 Å². The second kappa shape index (κ2) is 13.3. The Balaban J connectivity index is 1.52. The molecular formula is C29H32O7. The number of aliphatic hydroxyl groups excluding tert-OH is 1. The van der Waals surface area contributed by atoms with Crippen molar-refractivity contribution in [2.45, 2.75) is 57.5 Å². The second-order valence-electron chi connectivity index (χ2n) is 8.67. The molecule has 0 aliphatic carbocycles. The van der Waals surface area contributed by atoms with Crippen LogP contribution in [0.5, 0.6) is 0 Å². The molecule has 1 saturated heterocycles. The minimum absolute atomic E-state index is 0.157. The molecule has 3 aromatic carbocycles. The minimum atomic E-state index is -1.25. The highest BCUT2D eigenvalue weighted by atomic mass is 16.7. The first kappa shape index (κ1) is 26.0. The summed E-state index contributed by atoms with van der Waals surface area (Å²) in [6.45, 7) is 2.35. The van der Waals surface area contributed by atoms with E-state index < -0.39 is 36.7 Å². The Bertz CT molecular complexity index is 1040. The van der Waals surface area contributed by atoms with Gasteiger partial charge in [0, 0.05) is 6.92 Å². The predicted octanol–water partition coefficient (Wildman–Crippen LogP) is 4.02. The summed E-state index contributed by atoms with van der Waals surface area (Å²) < 4.78 is 29.7. The third-order valence-corrected chi connectivity index (χ3v) is 5.86. The van der Waals surface area contributed by atoms with Gasteiger partial charge in [0.1, 0.15) is 24.4 Å². The Labute approximate surface area is 211 Å². The summed E-state index contributed by atoms with van der Waals surface area (Å²) in [5.74, 6) is -0.562. The molecule has 0 saturated carbocycles. The van der Waals surface area contributed by atoms with Crippen molar-refractivity contribution in [3.05, 3.63) is 108 Å². The smallest absolute Gasteiger partial charge is 0.305 e. The lowest BCUT2D eigenvalue weighted by molar-refractivity contribution is -0.310. The summed E-state index contributed by atoms with van der Waals surface area (Å²) >= 11 is 0. The fourth-order valence-electron chi connectivity index (χ4n) is 4.08. The summed E-state index contributed by atoms with van der Waals surface area (Å²) in [6, 6.07) is 29.2. The topological polar surface area (TPSA) is 83.5 Å². The molecule has 7 heteroatoms. The molecule has 0 bridgehead atoms. The fraction of sp³-hybridized carbons (Fsp3) is 0.345. The molecule has 36 heavy (non-hydrogen) atoms. The highest BCUT2D eigenvalue weighted by Gasteiger charge is 2.48. The molecule has 4 rings (SSSR count). The first-order chi connectivity index (χ1) is 17.6. The fourth-order valence-corrected chi connectivity index (χ4v) is 4.08. The van der Waals surface area contributed by atoms with Crippen molar-refractivity contribution in [2.75, 3.05) is 6.61 Å². The SMILES string of the molecule is CC(=O)O[C@@H]1O[C@H](COCc2ccccc2)[C@@H](OCc2ccccc2)[C@H](OCc2ccccc2)[C@@H]1O. The Hall–Kier alpha value is -3.07. The van der Waals surface area contributed by atoms with E-state index in [1.807, 2.05) is 91.0 Å². The average molecular weight is 493 g/mol. The minimum Gasteiger partial charge on any atom is -0.433 e. The van der Waals surface area contributed by atoms with Gasteiger partial charge in [-0.3, -0.25) is 4.79 Å². The molecule has 0 aromatic heterocycles. The van der Waals surface area contributed by atoms with Crippen LogP contribution in [0.4, 0.5) is 0 Å². The van der Waals surface area contributed by atoms with Crippen molar-refractivity contribution in [3.63, 3.8) is 0 Å². The summed E-state index contributed by atoms with van der Waals surface area (Å²) in [6.07, 6.45) is -4.59. The highest BCUT2D eigenvalue weighted by Crippen LogP contribution is 2.29. The van der Waals surface area contributed by atoms with E-state index in [0.717, 1.165) is 16.7 Å². The third-order valence-electron chi connectivity index (χ3n) is 5.86. The predicted molar refractivity (Wildman–Crippen MR) is 133 cm³/mol. The number of ether oxygens (including phenoxy) is 5. The van der Waals surface area contributed by atoms with E-state index in [0.29, 0.717) is 13.2 Å². The number of hydrogen-bond donors (Lipinski definition) is 1. The van der Waals surface area contributed by atoms with Crippen LogP contribution in [0.15, 0.2) is 91.0 Å². The third kappa shape index (κ3) is 7.46. The molecule has 0 amide bonds. The Morgan fingerprint density at radius 2 is 1.22 bits per heavy atom. The van der Waals surface area contributed by atoms with Gasteiger partial charge in [-0.2, -0.15) is 0 Å². The first-order valence-electron chi connectivity index (χ1n) is 12.0. The van der Waals surface area contributed by atoms with Gasteiger partial charge in [0.15, 0.2) is 0 Å². The Morgan fingerprint density at radius 1 is 0.750 bits per heavy atom. The molecule has 7 nitrogen and oxygen atoms in total. The molecule has 3 aromatic rings. The number of hydrogen-bond acceptors (Lipinski definition) is 7. The van der Waals surface area contributed by atoms with Gasteiger partial charge < -0.3 is 28.8 Å². The van der Waals surface area contributed by atoms with Crippen molar-refractivity contribution in [3.8, 4) is 0 Å². The average Bonchev–Trinajstić information content (AvgIpc) is 2.90. The summed E-state index contributed by atoms with van der Waals surface area (Å²) in [5.41, 5.74) is 2.93. The Morgan fingerprint density at radius 3 is 1.72 bits per heavy atom. The van der Waals surface area contributed by atoms with Crippen LogP contribution in [0.1, 0.15) is 23.6 Å². The number of benzene rings is 3. The van der Waals surface area contributed by atoms with Crippen molar-refractivity contribution in [1.29, 1.82) is 0 Å². The van der Waals surface area contributed by atoms with Crippen LogP contribution in [0.3, 0.4) is 0 Å². The zero-order valence-corrected chi connectivity index (χ0v) is 20.3. The maximum Gasteiger partial charge on any atom is 0.305 e. The molecule has 190 valence electrons. The van der Waals surface area contributed by atoms with Gasteiger partial charge in [-0.1, -0.05) is 91.0 Å². The largest absolute Gasteiger partial charge is 0.433 e. The van der Waals surface area contributed by atoms with Crippen LogP contribution in [0.2, 0.25) is 0 Å². The maximum atomic E-state index is 11.7. The van der Waals surface area contributed by atoms with Crippen LogP contribution in [0, 0.1) is 0 Å². The number of aliphatic hydroxyl groups is 1. The summed E-state index contributed by atoms with van der Waals surface area (Å²) in [7, 11) is 0. The van der Waals surface area contributed by atoms with Crippen molar-refractivity contribution in [1.82, 2.24) is 0 Å². The van der Waals surface area contributed by atoms with Crippen molar-refractivity contribution < 1.29 is 33.6 Å². The van der Waals surface area contributed by atoms with E-state index >= 15 is 0 Å². The summed E-state index contributed by atoms with van der Waals surface area (Å²) in [4.78, 5) is 11.7. The van der Waals surface area contributed by atoms with Crippen molar-refractivity contribution in [2.24, 2.45) is 0 Å². The normalized spacial score (nSPS) is 23.8.